The molecule has 0 radical (unpaired) electrons. The smallest absolute Gasteiger partial charge is 0.0453 e. The van der Waals surface area contributed by atoms with Crippen LogP contribution in [0.15, 0.2) is 149 Å². The SMILES string of the molecule is C1=CC2=C(CC1)C(C1=C3C=CCC(c4cccc(-c5ccc[nH]5)c4)C3CC=C1)C1CCC=CC1=C2c1ccccc1. The van der Waals surface area contributed by atoms with Crippen LogP contribution in [0, 0.1) is 17.8 Å². The van der Waals surface area contributed by atoms with Gasteiger partial charge in [-0.2, -0.15) is 0 Å². The number of hydrogen-bond donors (Lipinski definition) is 1. The Bertz CT molecular complexity index is 1680. The van der Waals surface area contributed by atoms with Crippen LogP contribution in [0.5, 0.6) is 0 Å². The lowest BCUT2D eigenvalue weighted by Gasteiger charge is -2.44. The number of aromatic amines is 1. The molecule has 202 valence electrons. The van der Waals surface area contributed by atoms with E-state index in [0.29, 0.717) is 23.7 Å². The quantitative estimate of drug-likeness (QED) is 0.345. The molecular formula is C40H37N. The molecule has 0 spiro atoms. The predicted molar refractivity (Wildman–Crippen MR) is 171 cm³/mol. The van der Waals surface area contributed by atoms with Gasteiger partial charge in [0.25, 0.3) is 0 Å². The van der Waals surface area contributed by atoms with Crippen molar-refractivity contribution in [1.29, 1.82) is 0 Å². The highest BCUT2D eigenvalue weighted by atomic mass is 14.7. The van der Waals surface area contributed by atoms with Gasteiger partial charge in [-0.25, -0.2) is 0 Å². The Morgan fingerprint density at radius 1 is 0.610 bits per heavy atom. The molecule has 5 aliphatic rings. The fourth-order valence-corrected chi connectivity index (χ4v) is 8.34. The van der Waals surface area contributed by atoms with Crippen molar-refractivity contribution in [1.82, 2.24) is 4.98 Å². The van der Waals surface area contributed by atoms with Gasteiger partial charge in [0, 0.05) is 17.8 Å². The van der Waals surface area contributed by atoms with Gasteiger partial charge in [0.1, 0.15) is 0 Å². The minimum Gasteiger partial charge on any atom is -0.361 e. The van der Waals surface area contributed by atoms with E-state index in [4.69, 9.17) is 0 Å². The highest BCUT2D eigenvalue weighted by Crippen LogP contribution is 2.55. The fraction of sp³-hybridized carbons (Fsp3) is 0.250. The first-order chi connectivity index (χ1) is 20.4. The normalized spacial score (nSPS) is 26.7. The molecular weight excluding hydrogens is 494 g/mol. The second kappa shape index (κ2) is 10.4. The summed E-state index contributed by atoms with van der Waals surface area (Å²) in [6.45, 7) is 0. The highest BCUT2D eigenvalue weighted by Gasteiger charge is 2.41. The maximum atomic E-state index is 3.40. The zero-order chi connectivity index (χ0) is 27.2. The number of fused-ring (bicyclic) bond motifs is 2. The van der Waals surface area contributed by atoms with Crippen molar-refractivity contribution in [3.8, 4) is 11.3 Å². The summed E-state index contributed by atoms with van der Waals surface area (Å²) in [6.07, 6.45) is 28.7. The van der Waals surface area contributed by atoms with Gasteiger partial charge in [0.2, 0.25) is 0 Å². The van der Waals surface area contributed by atoms with Gasteiger partial charge in [0.15, 0.2) is 0 Å². The van der Waals surface area contributed by atoms with Crippen LogP contribution in [0.25, 0.3) is 16.8 Å². The van der Waals surface area contributed by atoms with Crippen molar-refractivity contribution < 1.29 is 0 Å². The number of allylic oxidation sites excluding steroid dienone is 14. The van der Waals surface area contributed by atoms with E-state index in [1.165, 1.54) is 52.8 Å². The van der Waals surface area contributed by atoms with Crippen molar-refractivity contribution >= 4 is 5.57 Å². The first-order valence-corrected chi connectivity index (χ1v) is 15.5. The predicted octanol–water partition coefficient (Wildman–Crippen LogP) is 10.3. The van der Waals surface area contributed by atoms with E-state index in [-0.39, 0.29) is 0 Å². The minimum atomic E-state index is 0.463. The molecule has 0 fully saturated rings. The number of nitrogens with one attached hydrogen (secondary N) is 1. The third-order valence-corrected chi connectivity index (χ3v) is 10.1. The zero-order valence-electron chi connectivity index (χ0n) is 23.6. The Morgan fingerprint density at radius 3 is 2.29 bits per heavy atom. The van der Waals surface area contributed by atoms with Crippen LogP contribution in [-0.2, 0) is 0 Å². The molecule has 41 heavy (non-hydrogen) atoms. The van der Waals surface area contributed by atoms with Gasteiger partial charge in [0.05, 0.1) is 0 Å². The van der Waals surface area contributed by atoms with Crippen LogP contribution in [0.4, 0.5) is 0 Å². The van der Waals surface area contributed by atoms with Crippen LogP contribution >= 0.6 is 0 Å². The van der Waals surface area contributed by atoms with Crippen LogP contribution in [0.1, 0.15) is 55.6 Å². The molecule has 0 amide bonds. The molecule has 8 rings (SSSR count). The van der Waals surface area contributed by atoms with Gasteiger partial charge in [-0.1, -0.05) is 103 Å². The van der Waals surface area contributed by atoms with Crippen LogP contribution in [-0.4, -0.2) is 4.98 Å². The second-order valence-corrected chi connectivity index (χ2v) is 12.2. The fourth-order valence-electron chi connectivity index (χ4n) is 8.34. The maximum Gasteiger partial charge on any atom is 0.0453 e. The molecule has 2 aromatic carbocycles. The summed E-state index contributed by atoms with van der Waals surface area (Å²) in [5.74, 6) is 2.04. The van der Waals surface area contributed by atoms with Gasteiger partial charge in [-0.05, 0) is 119 Å². The van der Waals surface area contributed by atoms with E-state index in [1.54, 1.807) is 22.3 Å². The lowest BCUT2D eigenvalue weighted by molar-refractivity contribution is 0.421. The third kappa shape index (κ3) is 4.22. The van der Waals surface area contributed by atoms with Gasteiger partial charge < -0.3 is 4.98 Å². The van der Waals surface area contributed by atoms with Crippen molar-refractivity contribution in [3.63, 3.8) is 0 Å². The molecule has 1 aromatic heterocycles. The Balaban J connectivity index is 1.24. The molecule has 0 saturated heterocycles. The Hall–Kier alpha value is -4.10. The number of rotatable bonds is 4. The molecule has 5 aliphatic carbocycles. The largest absolute Gasteiger partial charge is 0.361 e. The molecule has 1 heterocycles. The second-order valence-electron chi connectivity index (χ2n) is 12.2. The zero-order valence-corrected chi connectivity index (χ0v) is 23.6. The third-order valence-electron chi connectivity index (χ3n) is 10.1. The molecule has 3 aromatic rings. The Morgan fingerprint density at radius 2 is 1.41 bits per heavy atom. The monoisotopic (exact) mass is 531 g/mol. The molecule has 0 aliphatic heterocycles. The standard InChI is InChI=1S/C40H37N/c1-2-12-27(13-3-1)39-34-16-4-6-18-36(34)40(37-19-7-5-17-35(37)39)33-23-10-21-31-30(20-9-22-32(31)33)28-14-8-15-29(26-28)38-24-11-25-41-38/h1-5,8-17,22-26,30-31,36,40-41H,6-7,18-21H2. The maximum absolute atomic E-state index is 3.40. The first-order valence-electron chi connectivity index (χ1n) is 15.5. The number of aromatic nitrogens is 1. The average molecular weight is 532 g/mol. The summed E-state index contributed by atoms with van der Waals surface area (Å²) < 4.78 is 0. The van der Waals surface area contributed by atoms with Gasteiger partial charge in [-0.3, -0.25) is 0 Å². The van der Waals surface area contributed by atoms with E-state index < -0.39 is 0 Å². The summed E-state index contributed by atoms with van der Waals surface area (Å²) >= 11 is 0. The van der Waals surface area contributed by atoms with Crippen LogP contribution in [0.3, 0.4) is 0 Å². The summed E-state index contributed by atoms with van der Waals surface area (Å²) in [5.41, 5.74) is 14.7. The van der Waals surface area contributed by atoms with E-state index in [0.717, 1.165) is 19.3 Å². The summed E-state index contributed by atoms with van der Waals surface area (Å²) in [4.78, 5) is 3.40. The lowest BCUT2D eigenvalue weighted by Crippen LogP contribution is -2.31. The van der Waals surface area contributed by atoms with Crippen molar-refractivity contribution in [2.75, 3.05) is 0 Å². The molecule has 1 N–H and O–H groups in total. The van der Waals surface area contributed by atoms with Crippen molar-refractivity contribution in [2.45, 2.75) is 44.4 Å². The molecule has 4 unspecified atom stereocenters. The van der Waals surface area contributed by atoms with E-state index in [2.05, 4.69) is 120 Å². The lowest BCUT2D eigenvalue weighted by atomic mass is 9.60. The van der Waals surface area contributed by atoms with Crippen molar-refractivity contribution in [3.05, 3.63) is 161 Å². The average Bonchev–Trinajstić information content (AvgIpc) is 3.59. The topological polar surface area (TPSA) is 15.8 Å². The Kier molecular flexibility index (Phi) is 6.25. The molecule has 0 saturated carbocycles. The molecule has 1 nitrogen and oxygen atoms in total. The van der Waals surface area contributed by atoms with Crippen molar-refractivity contribution in [2.24, 2.45) is 17.8 Å². The summed E-state index contributed by atoms with van der Waals surface area (Å²) in [5, 5.41) is 0. The number of hydrogen-bond acceptors (Lipinski definition) is 0. The van der Waals surface area contributed by atoms with Gasteiger partial charge in [-0.15, -0.1) is 0 Å². The first kappa shape index (κ1) is 24.7. The molecule has 0 bridgehead atoms. The van der Waals surface area contributed by atoms with E-state index in [9.17, 15) is 0 Å². The summed E-state index contributed by atoms with van der Waals surface area (Å²) in [6, 6.07) is 24.7. The number of H-pyrrole nitrogens is 1. The van der Waals surface area contributed by atoms with Gasteiger partial charge >= 0.3 is 0 Å². The van der Waals surface area contributed by atoms with E-state index in [1.807, 2.05) is 6.20 Å². The number of benzene rings is 2. The van der Waals surface area contributed by atoms with E-state index >= 15 is 0 Å². The Labute approximate surface area is 244 Å². The van der Waals surface area contributed by atoms with Crippen LogP contribution < -0.4 is 0 Å². The highest BCUT2D eigenvalue weighted by molar-refractivity contribution is 5.89. The van der Waals surface area contributed by atoms with Crippen LogP contribution in [0.2, 0.25) is 0 Å². The molecule has 1 heteroatoms. The summed E-state index contributed by atoms with van der Waals surface area (Å²) in [7, 11) is 0. The minimum absolute atomic E-state index is 0.463. The molecule has 4 atom stereocenters.